The van der Waals surface area contributed by atoms with E-state index in [4.69, 9.17) is 16.3 Å². The Hall–Kier alpha value is -3.92. The topological polar surface area (TPSA) is 87.9 Å². The van der Waals surface area contributed by atoms with Gasteiger partial charge in [-0.25, -0.2) is 19.3 Å². The van der Waals surface area contributed by atoms with Gasteiger partial charge in [0.15, 0.2) is 0 Å². The number of pyridine rings is 1. The van der Waals surface area contributed by atoms with Crippen LogP contribution >= 0.6 is 11.6 Å². The zero-order valence-electron chi connectivity index (χ0n) is 19.2. The molecule has 0 radical (unpaired) electrons. The molecule has 1 saturated heterocycles. The zero-order valence-corrected chi connectivity index (χ0v) is 20.0. The van der Waals surface area contributed by atoms with Crippen LogP contribution in [0.5, 0.6) is 5.75 Å². The highest BCUT2D eigenvalue weighted by atomic mass is 35.5. The third kappa shape index (κ3) is 4.57. The summed E-state index contributed by atoms with van der Waals surface area (Å²) in [5.74, 6) is 0.622. The fourth-order valence-electron chi connectivity index (χ4n) is 4.12. The van der Waals surface area contributed by atoms with E-state index in [0.29, 0.717) is 52.5 Å². The molecular weight excluding hydrogens is 473 g/mol. The maximum absolute atomic E-state index is 13.8. The van der Waals surface area contributed by atoms with E-state index in [2.05, 4.69) is 25.2 Å². The molecule has 1 aromatic carbocycles. The molecule has 4 aromatic rings. The number of nitrogens with one attached hydrogen (secondary N) is 1. The minimum atomic E-state index is -0.396. The molecule has 0 unspecified atom stereocenters. The molecule has 1 amide bonds. The Balaban J connectivity index is 1.40. The van der Waals surface area contributed by atoms with Crippen LogP contribution in [-0.4, -0.2) is 63.4 Å². The number of amides is 1. The summed E-state index contributed by atoms with van der Waals surface area (Å²) in [6.45, 7) is 4.47. The number of rotatable bonds is 5. The number of methoxy groups -OCH3 is 1. The van der Waals surface area contributed by atoms with Crippen LogP contribution in [0.3, 0.4) is 0 Å². The van der Waals surface area contributed by atoms with E-state index in [-0.39, 0.29) is 5.91 Å². The minimum absolute atomic E-state index is 0.0955. The van der Waals surface area contributed by atoms with Crippen LogP contribution in [0.1, 0.15) is 6.92 Å². The fourth-order valence-corrected chi connectivity index (χ4v) is 4.30. The van der Waals surface area contributed by atoms with Gasteiger partial charge in [0.05, 0.1) is 35.9 Å². The summed E-state index contributed by atoms with van der Waals surface area (Å²) in [7, 11) is 1.60. The van der Waals surface area contributed by atoms with Gasteiger partial charge in [0.25, 0.3) is 0 Å². The first-order valence-electron chi connectivity index (χ1n) is 11.0. The normalized spacial score (nSPS) is 13.8. The summed E-state index contributed by atoms with van der Waals surface area (Å²) < 4.78 is 21.0. The number of hydrogen-bond acceptors (Lipinski definition) is 7. The molecule has 4 heterocycles. The van der Waals surface area contributed by atoms with Gasteiger partial charge >= 0.3 is 0 Å². The molecule has 5 rings (SSSR count). The first kappa shape index (κ1) is 22.9. The third-order valence-electron chi connectivity index (χ3n) is 5.98. The number of ether oxygens (including phenoxy) is 1. The Morgan fingerprint density at radius 2 is 1.91 bits per heavy atom. The van der Waals surface area contributed by atoms with Crippen LogP contribution in [0.2, 0.25) is 5.02 Å². The standard InChI is InChI=1S/C24H23ClFN7O2/c1-15(34)31-7-9-32(10-8-31)17-4-5-19(21(11-17)35-2)29-24-28-12-18(25)23(30-24)20-13-27-22-6-3-16(26)14-33(20)22/h3-6,11-14H,7-10H2,1-2H3,(H,28,29,30). The van der Waals surface area contributed by atoms with E-state index in [0.717, 1.165) is 18.8 Å². The van der Waals surface area contributed by atoms with Gasteiger partial charge in [-0.15, -0.1) is 0 Å². The zero-order chi connectivity index (χ0) is 24.5. The first-order chi connectivity index (χ1) is 16.9. The fraction of sp³-hybridized carbons (Fsp3) is 0.250. The van der Waals surface area contributed by atoms with E-state index < -0.39 is 5.82 Å². The molecule has 3 aromatic heterocycles. The van der Waals surface area contributed by atoms with Crippen molar-refractivity contribution in [3.63, 3.8) is 0 Å². The van der Waals surface area contributed by atoms with Crippen molar-refractivity contribution < 1.29 is 13.9 Å². The molecule has 1 N–H and O–H groups in total. The molecule has 0 saturated carbocycles. The third-order valence-corrected chi connectivity index (χ3v) is 6.25. The lowest BCUT2D eigenvalue weighted by Gasteiger charge is -2.35. The second-order valence-electron chi connectivity index (χ2n) is 8.11. The Morgan fingerprint density at radius 3 is 2.66 bits per heavy atom. The SMILES string of the molecule is COc1cc(N2CCN(C(C)=O)CC2)ccc1Nc1ncc(Cl)c(-c2cnc3ccc(F)cn23)n1. The molecule has 35 heavy (non-hydrogen) atoms. The Bertz CT molecular complexity index is 1400. The number of anilines is 3. The summed E-state index contributed by atoms with van der Waals surface area (Å²) in [5.41, 5.74) is 3.22. The van der Waals surface area contributed by atoms with Crippen molar-refractivity contribution in [2.24, 2.45) is 0 Å². The van der Waals surface area contributed by atoms with E-state index in [1.807, 2.05) is 23.1 Å². The molecule has 1 aliphatic rings. The van der Waals surface area contributed by atoms with Gasteiger partial charge < -0.3 is 19.9 Å². The predicted molar refractivity (Wildman–Crippen MR) is 132 cm³/mol. The molecule has 180 valence electrons. The summed E-state index contributed by atoms with van der Waals surface area (Å²) in [5, 5.41) is 3.50. The smallest absolute Gasteiger partial charge is 0.227 e. The highest BCUT2D eigenvalue weighted by Gasteiger charge is 2.20. The molecule has 0 atom stereocenters. The lowest BCUT2D eigenvalue weighted by molar-refractivity contribution is -0.129. The number of hydrogen-bond donors (Lipinski definition) is 1. The van der Waals surface area contributed by atoms with Gasteiger partial charge in [-0.3, -0.25) is 9.20 Å². The second-order valence-corrected chi connectivity index (χ2v) is 8.52. The average Bonchev–Trinajstić information content (AvgIpc) is 3.28. The Kier molecular flexibility index (Phi) is 6.12. The number of nitrogens with zero attached hydrogens (tertiary/aromatic N) is 6. The highest BCUT2D eigenvalue weighted by molar-refractivity contribution is 6.32. The van der Waals surface area contributed by atoms with Gasteiger partial charge in [0.2, 0.25) is 11.9 Å². The van der Waals surface area contributed by atoms with Crippen molar-refractivity contribution in [3.8, 4) is 17.1 Å². The molecule has 11 heteroatoms. The predicted octanol–water partition coefficient (Wildman–Crippen LogP) is 4.00. The molecule has 1 fully saturated rings. The maximum Gasteiger partial charge on any atom is 0.227 e. The lowest BCUT2D eigenvalue weighted by Crippen LogP contribution is -2.48. The number of fused-ring (bicyclic) bond motifs is 1. The van der Waals surface area contributed by atoms with Crippen molar-refractivity contribution >= 4 is 40.5 Å². The van der Waals surface area contributed by atoms with Crippen LogP contribution < -0.4 is 15.0 Å². The quantitative estimate of drug-likeness (QED) is 0.447. The second kappa shape index (κ2) is 9.38. The average molecular weight is 496 g/mol. The summed E-state index contributed by atoms with van der Waals surface area (Å²) in [6, 6.07) is 8.75. The lowest BCUT2D eigenvalue weighted by atomic mass is 10.2. The number of piperazine rings is 1. The number of halogens is 2. The van der Waals surface area contributed by atoms with Crippen LogP contribution in [-0.2, 0) is 4.79 Å². The minimum Gasteiger partial charge on any atom is -0.494 e. The van der Waals surface area contributed by atoms with Gasteiger partial charge in [0, 0.05) is 51.1 Å². The van der Waals surface area contributed by atoms with E-state index in [9.17, 15) is 9.18 Å². The van der Waals surface area contributed by atoms with Crippen LogP contribution in [0.4, 0.5) is 21.7 Å². The molecule has 9 nitrogen and oxygen atoms in total. The van der Waals surface area contributed by atoms with Crippen molar-refractivity contribution in [1.82, 2.24) is 24.3 Å². The molecule has 0 aliphatic carbocycles. The molecule has 1 aliphatic heterocycles. The Labute approximate surface area is 206 Å². The van der Waals surface area contributed by atoms with Gasteiger partial charge in [-0.2, -0.15) is 0 Å². The number of imidazole rings is 1. The monoisotopic (exact) mass is 495 g/mol. The van der Waals surface area contributed by atoms with Gasteiger partial charge in [-0.05, 0) is 24.3 Å². The van der Waals surface area contributed by atoms with Crippen LogP contribution in [0.15, 0.2) is 48.9 Å². The van der Waals surface area contributed by atoms with Crippen LogP contribution in [0.25, 0.3) is 17.0 Å². The van der Waals surface area contributed by atoms with E-state index in [1.165, 1.54) is 18.5 Å². The number of benzene rings is 1. The van der Waals surface area contributed by atoms with Gasteiger partial charge in [0.1, 0.15) is 22.9 Å². The van der Waals surface area contributed by atoms with Crippen molar-refractivity contribution in [2.75, 3.05) is 43.5 Å². The van der Waals surface area contributed by atoms with Gasteiger partial charge in [-0.1, -0.05) is 11.6 Å². The number of carbonyl (C=O) groups excluding carboxylic acids is 1. The molecule has 0 spiro atoms. The summed E-state index contributed by atoms with van der Waals surface area (Å²) >= 11 is 6.38. The van der Waals surface area contributed by atoms with Crippen molar-refractivity contribution in [1.29, 1.82) is 0 Å². The van der Waals surface area contributed by atoms with Crippen LogP contribution in [0, 0.1) is 5.82 Å². The summed E-state index contributed by atoms with van der Waals surface area (Å²) in [6.07, 6.45) is 4.41. The number of aromatic nitrogens is 4. The summed E-state index contributed by atoms with van der Waals surface area (Å²) in [4.78, 5) is 28.8. The van der Waals surface area contributed by atoms with E-state index in [1.54, 1.807) is 30.7 Å². The number of carbonyl (C=O) groups is 1. The van der Waals surface area contributed by atoms with E-state index >= 15 is 0 Å². The molecule has 0 bridgehead atoms. The highest BCUT2D eigenvalue weighted by Crippen LogP contribution is 2.33. The maximum atomic E-state index is 13.8. The van der Waals surface area contributed by atoms with Crippen molar-refractivity contribution in [2.45, 2.75) is 6.92 Å². The first-order valence-corrected chi connectivity index (χ1v) is 11.4. The molecular formula is C24H23ClFN7O2. The largest absolute Gasteiger partial charge is 0.494 e. The van der Waals surface area contributed by atoms with Crippen molar-refractivity contribution in [3.05, 3.63) is 59.8 Å². The Morgan fingerprint density at radius 1 is 1.11 bits per heavy atom.